The fourth-order valence-electron chi connectivity index (χ4n) is 2.40. The van der Waals surface area contributed by atoms with Crippen LogP contribution in [-0.4, -0.2) is 23.4 Å². The molecular formula is C15H26N4. The second-order valence-electron chi connectivity index (χ2n) is 5.30. The summed E-state index contributed by atoms with van der Waals surface area (Å²) in [5.74, 6) is 0.593. The van der Waals surface area contributed by atoms with Gasteiger partial charge in [-0.25, -0.2) is 0 Å². The number of hydrogen-bond donors (Lipinski definition) is 2. The molecule has 0 unspecified atom stereocenters. The van der Waals surface area contributed by atoms with Crippen LogP contribution in [0.25, 0.3) is 0 Å². The number of nitrogens with two attached hydrogens (primary N) is 1. The summed E-state index contributed by atoms with van der Waals surface area (Å²) in [6, 6.07) is 4.40. The highest BCUT2D eigenvalue weighted by Crippen LogP contribution is 2.24. The van der Waals surface area contributed by atoms with Crippen molar-refractivity contribution in [1.29, 1.82) is 5.41 Å². The zero-order chi connectivity index (χ0) is 14.4. The van der Waals surface area contributed by atoms with Crippen LogP contribution < -0.4 is 10.6 Å². The first-order valence-electron chi connectivity index (χ1n) is 7.07. The molecule has 106 valence electrons. The molecule has 0 saturated carbocycles. The Morgan fingerprint density at radius 3 is 2.47 bits per heavy atom. The summed E-state index contributed by atoms with van der Waals surface area (Å²) >= 11 is 0. The quantitative estimate of drug-likeness (QED) is 0.586. The van der Waals surface area contributed by atoms with Gasteiger partial charge in [0.1, 0.15) is 11.5 Å². The van der Waals surface area contributed by atoms with E-state index in [1.165, 1.54) is 0 Å². The van der Waals surface area contributed by atoms with Crippen molar-refractivity contribution in [2.45, 2.75) is 46.6 Å². The van der Waals surface area contributed by atoms with Gasteiger partial charge in [0, 0.05) is 18.8 Å². The van der Waals surface area contributed by atoms with Gasteiger partial charge in [0.25, 0.3) is 0 Å². The van der Waals surface area contributed by atoms with E-state index < -0.39 is 0 Å². The Labute approximate surface area is 116 Å². The minimum absolute atomic E-state index is 0.0373. The number of nitrogens with zero attached hydrogens (tertiary/aromatic N) is 2. The van der Waals surface area contributed by atoms with Gasteiger partial charge in [-0.05, 0) is 30.9 Å². The first-order valence-corrected chi connectivity index (χ1v) is 7.07. The van der Waals surface area contributed by atoms with Crippen molar-refractivity contribution in [2.75, 3.05) is 11.4 Å². The Morgan fingerprint density at radius 2 is 2.00 bits per heavy atom. The molecule has 19 heavy (non-hydrogen) atoms. The smallest absolute Gasteiger partial charge is 0.143 e. The average Bonchev–Trinajstić information content (AvgIpc) is 2.38. The van der Waals surface area contributed by atoms with Gasteiger partial charge in [-0.15, -0.1) is 0 Å². The van der Waals surface area contributed by atoms with Crippen LogP contribution in [0, 0.1) is 11.3 Å². The first kappa shape index (κ1) is 15.5. The van der Waals surface area contributed by atoms with E-state index in [4.69, 9.17) is 11.1 Å². The van der Waals surface area contributed by atoms with E-state index in [9.17, 15) is 0 Å². The summed E-state index contributed by atoms with van der Waals surface area (Å²) < 4.78 is 0. The molecule has 0 fully saturated rings. The predicted octanol–water partition coefficient (Wildman–Crippen LogP) is 3.02. The summed E-state index contributed by atoms with van der Waals surface area (Å²) in [7, 11) is 0. The van der Waals surface area contributed by atoms with E-state index in [1.54, 1.807) is 6.20 Å². The number of pyridine rings is 1. The highest BCUT2D eigenvalue weighted by molar-refractivity contribution is 5.98. The fraction of sp³-hybridized carbons (Fsp3) is 0.600. The zero-order valence-corrected chi connectivity index (χ0v) is 12.5. The number of amidine groups is 1. The largest absolute Gasteiger partial charge is 0.382 e. The van der Waals surface area contributed by atoms with E-state index >= 15 is 0 Å². The molecule has 0 amide bonds. The third kappa shape index (κ3) is 3.94. The maximum absolute atomic E-state index is 7.70. The highest BCUT2D eigenvalue weighted by atomic mass is 15.2. The van der Waals surface area contributed by atoms with Crippen LogP contribution in [0.3, 0.4) is 0 Å². The molecule has 0 spiro atoms. The van der Waals surface area contributed by atoms with Crippen LogP contribution in [0.4, 0.5) is 5.69 Å². The Bertz CT molecular complexity index is 410. The van der Waals surface area contributed by atoms with Crippen molar-refractivity contribution < 1.29 is 0 Å². The van der Waals surface area contributed by atoms with Crippen LogP contribution in [0.5, 0.6) is 0 Å². The molecule has 1 aromatic rings. The molecule has 1 heterocycles. The van der Waals surface area contributed by atoms with E-state index in [0.717, 1.165) is 25.1 Å². The van der Waals surface area contributed by atoms with E-state index in [1.807, 2.05) is 12.1 Å². The van der Waals surface area contributed by atoms with Crippen molar-refractivity contribution in [3.63, 3.8) is 0 Å². The maximum Gasteiger partial charge on any atom is 0.143 e. The molecule has 4 heteroatoms. The Hall–Kier alpha value is -1.58. The van der Waals surface area contributed by atoms with Gasteiger partial charge in [0.05, 0.1) is 5.69 Å². The molecule has 0 aromatic carbocycles. The van der Waals surface area contributed by atoms with Crippen LogP contribution in [0.1, 0.15) is 46.2 Å². The van der Waals surface area contributed by atoms with E-state index in [2.05, 4.69) is 37.6 Å². The second-order valence-corrected chi connectivity index (χ2v) is 5.30. The molecule has 0 aliphatic rings. The normalized spacial score (nSPS) is 11.1. The number of hydrogen-bond acceptors (Lipinski definition) is 3. The number of nitrogens with one attached hydrogen (secondary N) is 1. The molecular weight excluding hydrogens is 236 g/mol. The summed E-state index contributed by atoms with van der Waals surface area (Å²) in [5, 5.41) is 7.70. The van der Waals surface area contributed by atoms with E-state index in [-0.39, 0.29) is 5.84 Å². The van der Waals surface area contributed by atoms with Gasteiger partial charge in [-0.3, -0.25) is 10.4 Å². The molecule has 0 aliphatic heterocycles. The summed E-state index contributed by atoms with van der Waals surface area (Å²) in [6.07, 6.45) is 3.85. The van der Waals surface area contributed by atoms with E-state index in [0.29, 0.717) is 17.7 Å². The van der Waals surface area contributed by atoms with Crippen molar-refractivity contribution in [1.82, 2.24) is 4.98 Å². The van der Waals surface area contributed by atoms with Gasteiger partial charge in [0.2, 0.25) is 0 Å². The Morgan fingerprint density at radius 1 is 1.37 bits per heavy atom. The van der Waals surface area contributed by atoms with Gasteiger partial charge < -0.3 is 10.6 Å². The van der Waals surface area contributed by atoms with Crippen LogP contribution in [-0.2, 0) is 0 Å². The number of nitrogen functional groups attached to an aromatic ring is 1. The van der Waals surface area contributed by atoms with Gasteiger partial charge in [0.15, 0.2) is 0 Å². The number of anilines is 1. The summed E-state index contributed by atoms with van der Waals surface area (Å²) in [4.78, 5) is 6.62. The number of rotatable bonds is 7. The van der Waals surface area contributed by atoms with Crippen LogP contribution in [0.2, 0.25) is 0 Å². The second kappa shape index (κ2) is 7.12. The summed E-state index contributed by atoms with van der Waals surface area (Å²) in [5.41, 5.74) is 7.24. The lowest BCUT2D eigenvalue weighted by Gasteiger charge is -2.35. The molecule has 3 N–H and O–H groups in total. The third-order valence-corrected chi connectivity index (χ3v) is 3.30. The predicted molar refractivity (Wildman–Crippen MR) is 81.8 cm³/mol. The van der Waals surface area contributed by atoms with Gasteiger partial charge in [-0.2, -0.15) is 0 Å². The molecule has 0 atom stereocenters. The molecule has 0 aliphatic carbocycles. The van der Waals surface area contributed by atoms with Crippen LogP contribution >= 0.6 is 0 Å². The van der Waals surface area contributed by atoms with Gasteiger partial charge in [-0.1, -0.05) is 27.7 Å². The SMILES string of the molecule is CCC(CC)N(CC(C)C)c1cccnc1C(=N)N. The lowest BCUT2D eigenvalue weighted by molar-refractivity contribution is 0.507. The first-order chi connectivity index (χ1) is 9.01. The van der Waals surface area contributed by atoms with Crippen LogP contribution in [0.15, 0.2) is 18.3 Å². The lowest BCUT2D eigenvalue weighted by atomic mass is 10.1. The molecule has 4 nitrogen and oxygen atoms in total. The molecule has 0 radical (unpaired) electrons. The standard InChI is InChI=1S/C15H26N4/c1-5-12(6-2)19(10-11(3)4)13-8-7-9-18-14(13)15(16)17/h7-9,11-12H,5-6,10H2,1-4H3,(H3,16,17). The molecule has 0 bridgehead atoms. The van der Waals surface area contributed by atoms with Crippen molar-refractivity contribution in [3.8, 4) is 0 Å². The Balaban J connectivity index is 3.20. The fourth-order valence-corrected chi connectivity index (χ4v) is 2.40. The average molecular weight is 262 g/mol. The lowest BCUT2D eigenvalue weighted by Crippen LogP contribution is -2.39. The molecule has 1 rings (SSSR count). The van der Waals surface area contributed by atoms with Crippen molar-refractivity contribution >= 4 is 11.5 Å². The highest BCUT2D eigenvalue weighted by Gasteiger charge is 2.20. The Kier molecular flexibility index (Phi) is 5.80. The zero-order valence-electron chi connectivity index (χ0n) is 12.5. The van der Waals surface area contributed by atoms with Crippen molar-refractivity contribution in [3.05, 3.63) is 24.0 Å². The minimum atomic E-state index is 0.0373. The maximum atomic E-state index is 7.70. The van der Waals surface area contributed by atoms with Crippen molar-refractivity contribution in [2.24, 2.45) is 11.7 Å². The number of aromatic nitrogens is 1. The topological polar surface area (TPSA) is 66.0 Å². The minimum Gasteiger partial charge on any atom is -0.382 e. The summed E-state index contributed by atoms with van der Waals surface area (Å²) in [6.45, 7) is 9.77. The molecule has 0 saturated heterocycles. The molecule has 1 aromatic heterocycles. The monoisotopic (exact) mass is 262 g/mol. The third-order valence-electron chi connectivity index (χ3n) is 3.30. The van der Waals surface area contributed by atoms with Gasteiger partial charge >= 0.3 is 0 Å².